The quantitative estimate of drug-likeness (QED) is 0.242. The number of nitrogens with one attached hydrogen (secondary N) is 1. The molecular weight excluding hydrogens is 683 g/mol. The molecule has 0 bridgehead atoms. The molecule has 1 heterocycles. The SMILES string of the molecule is COc1cc(/C=C2/SC(=O)N(CC(=O)Nc3ccc(Br)cc3)C2=O)cc(Br)c1OCc1ccc(Cl)cc1Cl. The molecule has 196 valence electrons. The molecule has 3 amide bonds. The molecule has 1 N–H and O–H groups in total. The number of halogens is 4. The smallest absolute Gasteiger partial charge is 0.294 e. The zero-order chi connectivity index (χ0) is 27.4. The zero-order valence-electron chi connectivity index (χ0n) is 19.6. The van der Waals surface area contributed by atoms with Gasteiger partial charge in [0.05, 0.1) is 16.5 Å². The molecule has 1 saturated heterocycles. The summed E-state index contributed by atoms with van der Waals surface area (Å²) >= 11 is 19.8. The third kappa shape index (κ3) is 6.92. The lowest BCUT2D eigenvalue weighted by molar-refractivity contribution is -0.127. The highest BCUT2D eigenvalue weighted by atomic mass is 79.9. The summed E-state index contributed by atoms with van der Waals surface area (Å²) in [7, 11) is 1.49. The van der Waals surface area contributed by atoms with Gasteiger partial charge in [-0.3, -0.25) is 19.3 Å². The van der Waals surface area contributed by atoms with Crippen LogP contribution in [0, 0.1) is 0 Å². The molecule has 0 aliphatic carbocycles. The molecule has 1 aliphatic rings. The number of benzene rings is 3. The van der Waals surface area contributed by atoms with E-state index in [1.54, 1.807) is 60.7 Å². The van der Waals surface area contributed by atoms with Crippen LogP contribution >= 0.6 is 66.8 Å². The number of carbonyl (C=O) groups is 3. The summed E-state index contributed by atoms with van der Waals surface area (Å²) in [6, 6.07) is 15.5. The third-order valence-electron chi connectivity index (χ3n) is 5.24. The minimum Gasteiger partial charge on any atom is -0.493 e. The number of hydrogen-bond acceptors (Lipinski definition) is 6. The van der Waals surface area contributed by atoms with Crippen LogP contribution in [0.25, 0.3) is 6.08 Å². The van der Waals surface area contributed by atoms with Crippen molar-refractivity contribution < 1.29 is 23.9 Å². The average Bonchev–Trinajstić information content (AvgIpc) is 3.12. The zero-order valence-corrected chi connectivity index (χ0v) is 25.1. The van der Waals surface area contributed by atoms with Gasteiger partial charge < -0.3 is 14.8 Å². The second-order valence-electron chi connectivity index (χ2n) is 7.88. The van der Waals surface area contributed by atoms with Gasteiger partial charge in [0.25, 0.3) is 11.1 Å². The molecule has 7 nitrogen and oxygen atoms in total. The van der Waals surface area contributed by atoms with Crippen LogP contribution in [-0.4, -0.2) is 35.6 Å². The third-order valence-corrected chi connectivity index (χ3v) is 7.85. The van der Waals surface area contributed by atoms with Gasteiger partial charge in [-0.05, 0) is 87.9 Å². The molecule has 1 aliphatic heterocycles. The van der Waals surface area contributed by atoms with E-state index in [9.17, 15) is 14.4 Å². The standard InChI is InChI=1S/C26H18Br2Cl2N2O5S/c1-36-21-9-14(8-19(28)24(21)37-13-15-2-5-17(29)11-20(15)30)10-22-25(34)32(26(35)38-22)12-23(33)31-18-6-3-16(27)4-7-18/h2-11H,12-13H2,1H3,(H,31,33)/b22-10+. The van der Waals surface area contributed by atoms with Gasteiger partial charge in [0.2, 0.25) is 5.91 Å². The molecule has 0 radical (unpaired) electrons. The van der Waals surface area contributed by atoms with E-state index in [2.05, 4.69) is 37.2 Å². The van der Waals surface area contributed by atoms with E-state index >= 15 is 0 Å². The first-order chi connectivity index (χ1) is 18.1. The Balaban J connectivity index is 1.47. The molecule has 4 rings (SSSR count). The first-order valence-electron chi connectivity index (χ1n) is 10.9. The van der Waals surface area contributed by atoms with Crippen LogP contribution in [0.2, 0.25) is 10.0 Å². The largest absolute Gasteiger partial charge is 0.493 e. The monoisotopic (exact) mass is 698 g/mol. The molecule has 0 aromatic heterocycles. The predicted molar refractivity (Wildman–Crippen MR) is 157 cm³/mol. The van der Waals surface area contributed by atoms with Gasteiger partial charge in [0.1, 0.15) is 13.2 Å². The minimum absolute atomic E-state index is 0.172. The highest BCUT2D eigenvalue weighted by molar-refractivity contribution is 9.10. The topological polar surface area (TPSA) is 84.9 Å². The van der Waals surface area contributed by atoms with E-state index in [1.807, 2.05) is 0 Å². The molecular formula is C26H18Br2Cl2N2O5S. The van der Waals surface area contributed by atoms with E-state index in [0.717, 1.165) is 26.7 Å². The van der Waals surface area contributed by atoms with Crippen LogP contribution in [0.4, 0.5) is 10.5 Å². The van der Waals surface area contributed by atoms with Crippen molar-refractivity contribution >= 4 is 95.6 Å². The second-order valence-corrected chi connectivity index (χ2v) is 11.5. The normalized spacial score (nSPS) is 14.2. The molecule has 1 fully saturated rings. The van der Waals surface area contributed by atoms with E-state index in [4.69, 9.17) is 32.7 Å². The number of anilines is 1. The maximum atomic E-state index is 12.9. The lowest BCUT2D eigenvalue weighted by Crippen LogP contribution is -2.36. The van der Waals surface area contributed by atoms with Crippen molar-refractivity contribution in [1.82, 2.24) is 4.90 Å². The van der Waals surface area contributed by atoms with E-state index in [-0.39, 0.29) is 11.5 Å². The highest BCUT2D eigenvalue weighted by Crippen LogP contribution is 2.40. The van der Waals surface area contributed by atoms with Crippen LogP contribution < -0.4 is 14.8 Å². The van der Waals surface area contributed by atoms with Crippen molar-refractivity contribution in [2.45, 2.75) is 6.61 Å². The first kappa shape index (κ1) is 28.5. The van der Waals surface area contributed by atoms with Gasteiger partial charge in [-0.2, -0.15) is 0 Å². The summed E-state index contributed by atoms with van der Waals surface area (Å²) in [5.41, 5.74) is 1.89. The van der Waals surface area contributed by atoms with Crippen LogP contribution in [0.1, 0.15) is 11.1 Å². The summed E-state index contributed by atoms with van der Waals surface area (Å²) in [5, 5.41) is 3.15. The van der Waals surface area contributed by atoms with Gasteiger partial charge in [0.15, 0.2) is 11.5 Å². The Hall–Kier alpha value is -2.50. The number of nitrogens with zero attached hydrogens (tertiary/aromatic N) is 1. The summed E-state index contributed by atoms with van der Waals surface area (Å²) in [5.74, 6) is -0.196. The van der Waals surface area contributed by atoms with Crippen molar-refractivity contribution in [3.8, 4) is 11.5 Å². The molecule has 12 heteroatoms. The fraction of sp³-hybridized carbons (Fsp3) is 0.115. The van der Waals surface area contributed by atoms with Crippen molar-refractivity contribution in [3.05, 3.63) is 89.6 Å². The van der Waals surface area contributed by atoms with E-state index in [0.29, 0.717) is 37.3 Å². The van der Waals surface area contributed by atoms with Crippen molar-refractivity contribution in [3.63, 3.8) is 0 Å². The minimum atomic E-state index is -0.557. The van der Waals surface area contributed by atoms with Gasteiger partial charge in [0, 0.05) is 25.8 Å². The second kappa shape index (κ2) is 12.6. The van der Waals surface area contributed by atoms with Crippen molar-refractivity contribution in [1.29, 1.82) is 0 Å². The Morgan fingerprint density at radius 3 is 2.50 bits per heavy atom. The summed E-state index contributed by atoms with van der Waals surface area (Å²) in [6.45, 7) is -0.226. The Morgan fingerprint density at radius 2 is 1.82 bits per heavy atom. The number of ether oxygens (including phenoxy) is 2. The average molecular weight is 701 g/mol. The Labute approximate surface area is 249 Å². The number of methoxy groups -OCH3 is 1. The fourth-order valence-corrected chi connectivity index (χ4v) is 5.56. The summed E-state index contributed by atoms with van der Waals surface area (Å²) in [6.07, 6.45) is 1.56. The maximum Gasteiger partial charge on any atom is 0.294 e. The van der Waals surface area contributed by atoms with Gasteiger partial charge in [-0.15, -0.1) is 0 Å². The molecule has 0 unspecified atom stereocenters. The van der Waals surface area contributed by atoms with Crippen LogP contribution in [0.15, 0.2) is 68.4 Å². The van der Waals surface area contributed by atoms with Crippen LogP contribution in [0.3, 0.4) is 0 Å². The maximum absolute atomic E-state index is 12.9. The number of carbonyl (C=O) groups excluding carboxylic acids is 3. The summed E-state index contributed by atoms with van der Waals surface area (Å²) in [4.78, 5) is 38.9. The Morgan fingerprint density at radius 1 is 1.08 bits per heavy atom. The van der Waals surface area contributed by atoms with Crippen molar-refractivity contribution in [2.24, 2.45) is 0 Å². The number of rotatable bonds is 8. The predicted octanol–water partition coefficient (Wildman–Crippen LogP) is 7.78. The van der Waals surface area contributed by atoms with E-state index in [1.165, 1.54) is 7.11 Å². The molecule has 38 heavy (non-hydrogen) atoms. The lowest BCUT2D eigenvalue weighted by Gasteiger charge is -2.14. The van der Waals surface area contributed by atoms with E-state index < -0.39 is 23.6 Å². The number of amides is 3. The Bertz CT molecular complexity index is 1450. The lowest BCUT2D eigenvalue weighted by atomic mass is 10.1. The van der Waals surface area contributed by atoms with Crippen LogP contribution in [-0.2, 0) is 16.2 Å². The first-order valence-corrected chi connectivity index (χ1v) is 14.1. The van der Waals surface area contributed by atoms with Crippen molar-refractivity contribution in [2.75, 3.05) is 19.0 Å². The molecule has 3 aromatic carbocycles. The van der Waals surface area contributed by atoms with Gasteiger partial charge >= 0.3 is 0 Å². The number of imide groups is 1. The fourth-order valence-electron chi connectivity index (χ4n) is 3.42. The number of hydrogen-bond donors (Lipinski definition) is 1. The summed E-state index contributed by atoms with van der Waals surface area (Å²) < 4.78 is 12.9. The molecule has 0 atom stereocenters. The van der Waals surface area contributed by atoms with Gasteiger partial charge in [-0.25, -0.2) is 0 Å². The number of thioether (sulfide) groups is 1. The molecule has 0 saturated carbocycles. The van der Waals surface area contributed by atoms with Gasteiger partial charge in [-0.1, -0.05) is 45.2 Å². The molecule has 3 aromatic rings. The molecule has 0 spiro atoms. The Kier molecular flexibility index (Phi) is 9.43. The van der Waals surface area contributed by atoms with Crippen LogP contribution in [0.5, 0.6) is 11.5 Å². The highest BCUT2D eigenvalue weighted by Gasteiger charge is 2.36.